The minimum atomic E-state index is -0.243. The summed E-state index contributed by atoms with van der Waals surface area (Å²) in [5.41, 5.74) is 3.22. The van der Waals surface area contributed by atoms with Crippen LogP contribution in [0, 0.1) is 13.8 Å². The van der Waals surface area contributed by atoms with Crippen molar-refractivity contribution >= 4 is 29.0 Å². The lowest BCUT2D eigenvalue weighted by Crippen LogP contribution is -2.27. The van der Waals surface area contributed by atoms with Crippen molar-refractivity contribution in [1.82, 2.24) is 15.3 Å². The van der Waals surface area contributed by atoms with E-state index in [2.05, 4.69) is 20.6 Å². The van der Waals surface area contributed by atoms with E-state index in [-0.39, 0.29) is 11.9 Å². The molecular formula is C21H21ClN4O. The average Bonchev–Trinajstić information content (AvgIpc) is 2.64. The van der Waals surface area contributed by atoms with Crippen LogP contribution in [0.2, 0.25) is 5.02 Å². The van der Waals surface area contributed by atoms with Crippen LogP contribution in [-0.4, -0.2) is 15.9 Å². The summed E-state index contributed by atoms with van der Waals surface area (Å²) in [5.74, 6) is 0.835. The third-order valence-electron chi connectivity index (χ3n) is 4.17. The Morgan fingerprint density at radius 2 is 1.78 bits per heavy atom. The Morgan fingerprint density at radius 1 is 1.04 bits per heavy atom. The molecule has 0 aliphatic carbocycles. The smallest absolute Gasteiger partial charge is 0.270 e. The second-order valence-electron chi connectivity index (χ2n) is 6.38. The fourth-order valence-corrected chi connectivity index (χ4v) is 2.98. The summed E-state index contributed by atoms with van der Waals surface area (Å²) in [5, 5.41) is 6.88. The quantitative estimate of drug-likeness (QED) is 0.655. The molecule has 5 nitrogen and oxygen atoms in total. The highest BCUT2D eigenvalue weighted by molar-refractivity contribution is 6.30. The summed E-state index contributed by atoms with van der Waals surface area (Å²) in [6, 6.07) is 16.9. The van der Waals surface area contributed by atoms with Crippen LogP contribution in [0.4, 0.5) is 11.5 Å². The Labute approximate surface area is 163 Å². The molecule has 0 bridgehead atoms. The van der Waals surface area contributed by atoms with Crippen LogP contribution >= 0.6 is 11.6 Å². The molecule has 0 radical (unpaired) electrons. The Morgan fingerprint density at radius 3 is 2.48 bits per heavy atom. The van der Waals surface area contributed by atoms with Crippen molar-refractivity contribution in [3.8, 4) is 0 Å². The minimum Gasteiger partial charge on any atom is -0.344 e. The van der Waals surface area contributed by atoms with E-state index in [1.807, 2.05) is 56.3 Å². The summed E-state index contributed by atoms with van der Waals surface area (Å²) in [4.78, 5) is 21.3. The van der Waals surface area contributed by atoms with Gasteiger partial charge in [0.05, 0.1) is 6.04 Å². The number of nitrogens with one attached hydrogen (secondary N) is 2. The number of aromatic nitrogens is 2. The van der Waals surface area contributed by atoms with Gasteiger partial charge < -0.3 is 10.6 Å². The molecule has 27 heavy (non-hydrogen) atoms. The third-order valence-corrected chi connectivity index (χ3v) is 4.40. The number of halogens is 1. The van der Waals surface area contributed by atoms with Crippen molar-refractivity contribution in [3.63, 3.8) is 0 Å². The summed E-state index contributed by atoms with van der Waals surface area (Å²) >= 11 is 6.00. The molecule has 3 rings (SSSR count). The second kappa shape index (κ2) is 8.18. The zero-order valence-corrected chi connectivity index (χ0v) is 16.2. The summed E-state index contributed by atoms with van der Waals surface area (Å²) in [7, 11) is 0. The maximum atomic E-state index is 12.7. The van der Waals surface area contributed by atoms with Gasteiger partial charge in [-0.05, 0) is 50.1 Å². The lowest BCUT2D eigenvalue weighted by atomic mass is 10.1. The number of benzene rings is 2. The van der Waals surface area contributed by atoms with E-state index in [1.165, 1.54) is 0 Å². The maximum Gasteiger partial charge on any atom is 0.270 e. The van der Waals surface area contributed by atoms with Crippen LogP contribution < -0.4 is 10.6 Å². The van der Waals surface area contributed by atoms with Gasteiger partial charge in [-0.15, -0.1) is 0 Å². The van der Waals surface area contributed by atoms with Crippen LogP contribution in [0.25, 0.3) is 0 Å². The molecule has 0 aliphatic rings. The summed E-state index contributed by atoms with van der Waals surface area (Å²) < 4.78 is 0. The first-order valence-electron chi connectivity index (χ1n) is 8.67. The number of carbonyl (C=O) groups excluding carboxylic acids is 1. The van der Waals surface area contributed by atoms with Gasteiger partial charge >= 0.3 is 0 Å². The first-order chi connectivity index (χ1) is 12.9. The van der Waals surface area contributed by atoms with E-state index >= 15 is 0 Å². The highest BCUT2D eigenvalue weighted by atomic mass is 35.5. The molecule has 0 saturated carbocycles. The minimum absolute atomic E-state index is 0.121. The van der Waals surface area contributed by atoms with E-state index in [9.17, 15) is 4.79 Å². The van der Waals surface area contributed by atoms with Gasteiger partial charge in [-0.1, -0.05) is 41.9 Å². The third kappa shape index (κ3) is 4.83. The lowest BCUT2D eigenvalue weighted by molar-refractivity contribution is 0.0934. The van der Waals surface area contributed by atoms with Gasteiger partial charge in [0.25, 0.3) is 5.91 Å². The number of anilines is 2. The summed E-state index contributed by atoms with van der Waals surface area (Å²) in [6.45, 7) is 5.66. The molecule has 0 aliphatic heterocycles. The molecule has 1 atom stereocenters. The number of hydrogen-bond acceptors (Lipinski definition) is 4. The molecule has 1 heterocycles. The Balaban J connectivity index is 1.79. The van der Waals surface area contributed by atoms with Crippen molar-refractivity contribution in [1.29, 1.82) is 0 Å². The van der Waals surface area contributed by atoms with Gasteiger partial charge in [0, 0.05) is 16.8 Å². The molecule has 3 aromatic rings. The second-order valence-corrected chi connectivity index (χ2v) is 6.81. The van der Waals surface area contributed by atoms with E-state index < -0.39 is 0 Å². The molecular weight excluding hydrogens is 360 g/mol. The number of aryl methyl sites for hydroxylation is 2. The number of nitrogens with zero attached hydrogens (tertiary/aromatic N) is 2. The standard InChI is InChI=1S/C21H21ClN4O/c1-13-11-17(22)9-10-18(13)26-20-12-19(24-15(3)25-20)21(27)23-14(2)16-7-5-4-6-8-16/h4-12,14H,1-3H3,(H,23,27)(H,24,25,26). The van der Waals surface area contributed by atoms with Crippen molar-refractivity contribution in [2.75, 3.05) is 5.32 Å². The fourth-order valence-electron chi connectivity index (χ4n) is 2.75. The molecule has 2 aromatic carbocycles. The highest BCUT2D eigenvalue weighted by Crippen LogP contribution is 2.23. The van der Waals surface area contributed by atoms with Crippen LogP contribution in [0.5, 0.6) is 0 Å². The first-order valence-corrected chi connectivity index (χ1v) is 9.05. The van der Waals surface area contributed by atoms with Gasteiger partial charge in [0.15, 0.2) is 0 Å². The first kappa shape index (κ1) is 18.9. The zero-order chi connectivity index (χ0) is 19.4. The molecule has 0 saturated heterocycles. The van der Waals surface area contributed by atoms with Crippen LogP contribution in [-0.2, 0) is 0 Å². The highest BCUT2D eigenvalue weighted by Gasteiger charge is 2.14. The lowest BCUT2D eigenvalue weighted by Gasteiger charge is -2.15. The van der Waals surface area contributed by atoms with Crippen LogP contribution in [0.3, 0.4) is 0 Å². The van der Waals surface area contributed by atoms with Gasteiger partial charge in [-0.3, -0.25) is 4.79 Å². The maximum absolute atomic E-state index is 12.7. The Kier molecular flexibility index (Phi) is 5.72. The average molecular weight is 381 g/mol. The van der Waals surface area contributed by atoms with Gasteiger partial charge in [0.1, 0.15) is 17.3 Å². The largest absolute Gasteiger partial charge is 0.344 e. The fraction of sp³-hybridized carbons (Fsp3) is 0.190. The van der Waals surface area contributed by atoms with E-state index in [0.717, 1.165) is 16.8 Å². The topological polar surface area (TPSA) is 66.9 Å². The van der Waals surface area contributed by atoms with Crippen LogP contribution in [0.15, 0.2) is 54.6 Å². The monoisotopic (exact) mass is 380 g/mol. The van der Waals surface area contributed by atoms with E-state index in [0.29, 0.717) is 22.4 Å². The molecule has 1 amide bonds. The predicted molar refractivity (Wildman–Crippen MR) is 109 cm³/mol. The molecule has 0 fully saturated rings. The predicted octanol–water partition coefficient (Wildman–Crippen LogP) is 4.98. The van der Waals surface area contributed by atoms with Gasteiger partial charge in [-0.25, -0.2) is 9.97 Å². The Hall–Kier alpha value is -2.92. The zero-order valence-electron chi connectivity index (χ0n) is 15.5. The normalized spacial score (nSPS) is 11.7. The van der Waals surface area contributed by atoms with Crippen molar-refractivity contribution in [2.45, 2.75) is 26.8 Å². The summed E-state index contributed by atoms with van der Waals surface area (Å²) in [6.07, 6.45) is 0. The molecule has 2 N–H and O–H groups in total. The van der Waals surface area contributed by atoms with Gasteiger partial charge in [0.2, 0.25) is 0 Å². The number of hydrogen-bond donors (Lipinski definition) is 2. The molecule has 1 unspecified atom stereocenters. The Bertz CT molecular complexity index is 960. The SMILES string of the molecule is Cc1nc(Nc2ccc(Cl)cc2C)cc(C(=O)NC(C)c2ccccc2)n1. The number of rotatable bonds is 5. The molecule has 1 aromatic heterocycles. The number of amides is 1. The van der Waals surface area contributed by atoms with E-state index in [4.69, 9.17) is 11.6 Å². The van der Waals surface area contributed by atoms with Crippen molar-refractivity contribution in [2.24, 2.45) is 0 Å². The number of carbonyl (C=O) groups is 1. The van der Waals surface area contributed by atoms with Crippen LogP contribution in [0.1, 0.15) is 40.4 Å². The molecule has 6 heteroatoms. The van der Waals surface area contributed by atoms with Crippen molar-refractivity contribution in [3.05, 3.63) is 82.3 Å². The molecule has 0 spiro atoms. The molecule has 138 valence electrons. The van der Waals surface area contributed by atoms with Crippen molar-refractivity contribution < 1.29 is 4.79 Å². The van der Waals surface area contributed by atoms with Gasteiger partial charge in [-0.2, -0.15) is 0 Å². The van der Waals surface area contributed by atoms with E-state index in [1.54, 1.807) is 19.1 Å².